The Balaban J connectivity index is 3.02. The van der Waals surface area contributed by atoms with Crippen molar-refractivity contribution < 1.29 is 14.2 Å². The lowest BCUT2D eigenvalue weighted by Crippen LogP contribution is -2.21. The minimum atomic E-state index is 0.649. The fourth-order valence-electron chi connectivity index (χ4n) is 1.24. The topological polar surface area (TPSA) is 39.7 Å². The quantitative estimate of drug-likeness (QED) is 0.516. The van der Waals surface area contributed by atoms with Gasteiger partial charge in [0, 0.05) is 13.7 Å². The summed E-state index contributed by atoms with van der Waals surface area (Å²) >= 11 is 0. The molecule has 0 spiro atoms. The van der Waals surface area contributed by atoms with Gasteiger partial charge in [-0.05, 0) is 25.4 Å². The SMILES string of the molecule is CCNCC(C)CCOCCOCCOC. The predicted octanol–water partition coefficient (Wildman–Crippen LogP) is 1.30. The van der Waals surface area contributed by atoms with Crippen LogP contribution in [0.4, 0.5) is 0 Å². The van der Waals surface area contributed by atoms with Crippen molar-refractivity contribution in [3.8, 4) is 0 Å². The fourth-order valence-corrected chi connectivity index (χ4v) is 1.24. The largest absolute Gasteiger partial charge is 0.382 e. The zero-order chi connectivity index (χ0) is 12.1. The molecule has 0 radical (unpaired) electrons. The van der Waals surface area contributed by atoms with Gasteiger partial charge in [-0.2, -0.15) is 0 Å². The molecule has 0 heterocycles. The molecule has 0 saturated heterocycles. The van der Waals surface area contributed by atoms with Crippen LogP contribution < -0.4 is 5.32 Å². The number of hydrogen-bond acceptors (Lipinski definition) is 4. The van der Waals surface area contributed by atoms with E-state index < -0.39 is 0 Å². The first-order valence-electron chi connectivity index (χ1n) is 6.16. The van der Waals surface area contributed by atoms with Crippen molar-refractivity contribution >= 4 is 0 Å². The van der Waals surface area contributed by atoms with E-state index in [1.807, 2.05) is 0 Å². The molecule has 1 unspecified atom stereocenters. The van der Waals surface area contributed by atoms with Gasteiger partial charge in [-0.3, -0.25) is 0 Å². The molecule has 98 valence electrons. The number of nitrogens with one attached hydrogen (secondary N) is 1. The molecular formula is C12H27NO3. The summed E-state index contributed by atoms with van der Waals surface area (Å²) in [6.07, 6.45) is 1.10. The molecule has 4 nitrogen and oxygen atoms in total. The number of methoxy groups -OCH3 is 1. The van der Waals surface area contributed by atoms with Gasteiger partial charge in [0.25, 0.3) is 0 Å². The van der Waals surface area contributed by atoms with E-state index in [1.54, 1.807) is 7.11 Å². The maximum Gasteiger partial charge on any atom is 0.0701 e. The molecule has 0 bridgehead atoms. The molecule has 16 heavy (non-hydrogen) atoms. The summed E-state index contributed by atoms with van der Waals surface area (Å²) in [5.74, 6) is 0.675. The van der Waals surface area contributed by atoms with Crippen LogP contribution in [0.1, 0.15) is 20.3 Å². The molecule has 0 aliphatic rings. The molecule has 1 atom stereocenters. The second-order valence-electron chi connectivity index (χ2n) is 3.92. The smallest absolute Gasteiger partial charge is 0.0701 e. The van der Waals surface area contributed by atoms with Gasteiger partial charge in [0.05, 0.1) is 26.4 Å². The summed E-state index contributed by atoms with van der Waals surface area (Å²) in [5.41, 5.74) is 0. The minimum Gasteiger partial charge on any atom is -0.382 e. The highest BCUT2D eigenvalue weighted by Gasteiger charge is 2.00. The first-order valence-corrected chi connectivity index (χ1v) is 6.16. The van der Waals surface area contributed by atoms with E-state index in [-0.39, 0.29) is 0 Å². The Labute approximate surface area is 99.6 Å². The third kappa shape index (κ3) is 11.9. The highest BCUT2D eigenvalue weighted by Crippen LogP contribution is 1.99. The van der Waals surface area contributed by atoms with E-state index in [4.69, 9.17) is 14.2 Å². The summed E-state index contributed by atoms with van der Waals surface area (Å²) in [7, 11) is 1.67. The molecule has 0 fully saturated rings. The highest BCUT2D eigenvalue weighted by molar-refractivity contribution is 4.55. The second kappa shape index (κ2) is 12.9. The second-order valence-corrected chi connectivity index (χ2v) is 3.92. The van der Waals surface area contributed by atoms with E-state index in [2.05, 4.69) is 19.2 Å². The average Bonchev–Trinajstić information content (AvgIpc) is 2.30. The molecule has 0 aromatic carbocycles. The maximum absolute atomic E-state index is 5.47. The molecule has 0 aromatic heterocycles. The third-order valence-corrected chi connectivity index (χ3v) is 2.30. The van der Waals surface area contributed by atoms with Gasteiger partial charge >= 0.3 is 0 Å². The zero-order valence-corrected chi connectivity index (χ0v) is 11.0. The third-order valence-electron chi connectivity index (χ3n) is 2.30. The summed E-state index contributed by atoms with van der Waals surface area (Å²) in [6, 6.07) is 0. The van der Waals surface area contributed by atoms with Crippen molar-refractivity contribution in [2.75, 3.05) is 53.2 Å². The van der Waals surface area contributed by atoms with Crippen LogP contribution in [0, 0.1) is 5.92 Å². The predicted molar refractivity (Wildman–Crippen MR) is 65.8 cm³/mol. The number of hydrogen-bond donors (Lipinski definition) is 1. The summed E-state index contributed by atoms with van der Waals surface area (Å²) in [5, 5.41) is 3.33. The van der Waals surface area contributed by atoms with Crippen LogP contribution >= 0.6 is 0 Å². The van der Waals surface area contributed by atoms with Crippen LogP contribution in [-0.4, -0.2) is 53.2 Å². The zero-order valence-electron chi connectivity index (χ0n) is 11.0. The molecule has 0 aromatic rings. The lowest BCUT2D eigenvalue weighted by atomic mass is 10.1. The first-order chi connectivity index (χ1) is 7.81. The van der Waals surface area contributed by atoms with Gasteiger partial charge in [-0.1, -0.05) is 13.8 Å². The fraction of sp³-hybridized carbons (Fsp3) is 1.00. The Bertz CT molecular complexity index is 133. The molecular weight excluding hydrogens is 206 g/mol. The van der Waals surface area contributed by atoms with Gasteiger partial charge in [-0.25, -0.2) is 0 Å². The van der Waals surface area contributed by atoms with Gasteiger partial charge in [-0.15, -0.1) is 0 Å². The normalized spacial score (nSPS) is 12.9. The van der Waals surface area contributed by atoms with Crippen molar-refractivity contribution in [1.82, 2.24) is 5.32 Å². The average molecular weight is 233 g/mol. The van der Waals surface area contributed by atoms with Crippen LogP contribution in [0.5, 0.6) is 0 Å². The van der Waals surface area contributed by atoms with E-state index in [0.29, 0.717) is 32.3 Å². The molecule has 0 saturated carbocycles. The monoisotopic (exact) mass is 233 g/mol. The molecule has 0 amide bonds. The first kappa shape index (κ1) is 15.8. The van der Waals surface area contributed by atoms with Crippen molar-refractivity contribution in [1.29, 1.82) is 0 Å². The molecule has 0 rings (SSSR count). The Hall–Kier alpha value is -0.160. The van der Waals surface area contributed by atoms with Crippen LogP contribution in [0.2, 0.25) is 0 Å². The summed E-state index contributed by atoms with van der Waals surface area (Å²) in [6.45, 7) is 9.93. The molecule has 1 N–H and O–H groups in total. The summed E-state index contributed by atoms with van der Waals surface area (Å²) in [4.78, 5) is 0. The van der Waals surface area contributed by atoms with Gasteiger partial charge in [0.1, 0.15) is 0 Å². The Morgan fingerprint density at radius 1 is 1.00 bits per heavy atom. The van der Waals surface area contributed by atoms with Gasteiger partial charge in [0.15, 0.2) is 0 Å². The minimum absolute atomic E-state index is 0.649. The van der Waals surface area contributed by atoms with E-state index in [0.717, 1.165) is 26.1 Å². The number of rotatable bonds is 12. The molecule has 0 aliphatic carbocycles. The Morgan fingerprint density at radius 2 is 1.62 bits per heavy atom. The van der Waals surface area contributed by atoms with Crippen molar-refractivity contribution in [3.05, 3.63) is 0 Å². The van der Waals surface area contributed by atoms with Crippen LogP contribution in [0.3, 0.4) is 0 Å². The lowest BCUT2D eigenvalue weighted by Gasteiger charge is -2.11. The van der Waals surface area contributed by atoms with Gasteiger partial charge < -0.3 is 19.5 Å². The lowest BCUT2D eigenvalue weighted by molar-refractivity contribution is 0.0222. The standard InChI is InChI=1S/C12H27NO3/c1-4-13-11-12(2)5-6-15-9-10-16-8-7-14-3/h12-13H,4-11H2,1-3H3. The van der Waals surface area contributed by atoms with Crippen molar-refractivity contribution in [2.24, 2.45) is 5.92 Å². The van der Waals surface area contributed by atoms with Crippen LogP contribution in [-0.2, 0) is 14.2 Å². The van der Waals surface area contributed by atoms with Crippen molar-refractivity contribution in [3.63, 3.8) is 0 Å². The highest BCUT2D eigenvalue weighted by atomic mass is 16.5. The van der Waals surface area contributed by atoms with Crippen LogP contribution in [0.15, 0.2) is 0 Å². The molecule has 4 heteroatoms. The maximum atomic E-state index is 5.47. The molecule has 0 aliphatic heterocycles. The van der Waals surface area contributed by atoms with E-state index in [1.165, 1.54) is 0 Å². The number of ether oxygens (including phenoxy) is 3. The Kier molecular flexibility index (Phi) is 12.8. The summed E-state index contributed by atoms with van der Waals surface area (Å²) < 4.78 is 15.6. The van der Waals surface area contributed by atoms with E-state index in [9.17, 15) is 0 Å². The van der Waals surface area contributed by atoms with Crippen molar-refractivity contribution in [2.45, 2.75) is 20.3 Å². The van der Waals surface area contributed by atoms with Gasteiger partial charge in [0.2, 0.25) is 0 Å². The van der Waals surface area contributed by atoms with Crippen LogP contribution in [0.25, 0.3) is 0 Å². The Morgan fingerprint density at radius 3 is 2.25 bits per heavy atom. The van der Waals surface area contributed by atoms with E-state index >= 15 is 0 Å².